The molecular weight excluding hydrogens is 202 g/mol. The van der Waals surface area contributed by atoms with E-state index in [9.17, 15) is 0 Å². The Balaban J connectivity index is 2.45. The van der Waals surface area contributed by atoms with Crippen LogP contribution in [0.3, 0.4) is 0 Å². The van der Waals surface area contributed by atoms with Crippen LogP contribution in [0.5, 0.6) is 0 Å². The zero-order valence-electron chi connectivity index (χ0n) is 10.9. The lowest BCUT2D eigenvalue weighted by Crippen LogP contribution is -2.37. The monoisotopic (exact) mass is 227 g/mol. The van der Waals surface area contributed by atoms with Crippen molar-refractivity contribution >= 4 is 5.84 Å². The number of hydrogen-bond acceptors (Lipinski definition) is 3. The summed E-state index contributed by atoms with van der Waals surface area (Å²) >= 11 is 0. The molecule has 3 N–H and O–H groups in total. The average Bonchev–Trinajstić information content (AvgIpc) is 2.53. The van der Waals surface area contributed by atoms with Crippen molar-refractivity contribution in [3.8, 4) is 0 Å². The highest BCUT2D eigenvalue weighted by molar-refractivity contribution is 5.85. The Morgan fingerprint density at radius 1 is 1.50 bits per heavy atom. The number of oxime groups is 1. The van der Waals surface area contributed by atoms with Gasteiger partial charge in [0.1, 0.15) is 5.84 Å². The lowest BCUT2D eigenvalue weighted by atomic mass is 9.88. The van der Waals surface area contributed by atoms with Crippen LogP contribution in [0.4, 0.5) is 0 Å². The van der Waals surface area contributed by atoms with Gasteiger partial charge >= 0.3 is 0 Å². The number of hydrogen-bond donors (Lipinski definition) is 2. The molecule has 2 atom stereocenters. The summed E-state index contributed by atoms with van der Waals surface area (Å²) in [5.41, 5.74) is 5.46. The van der Waals surface area contributed by atoms with E-state index in [1.807, 2.05) is 13.8 Å². The van der Waals surface area contributed by atoms with E-state index in [0.29, 0.717) is 11.9 Å². The van der Waals surface area contributed by atoms with Gasteiger partial charge in [-0.2, -0.15) is 0 Å². The molecule has 1 aliphatic heterocycles. The van der Waals surface area contributed by atoms with Gasteiger partial charge in [-0.25, -0.2) is 0 Å². The molecule has 1 saturated heterocycles. The molecule has 1 heterocycles. The maximum absolute atomic E-state index is 8.71. The highest BCUT2D eigenvalue weighted by atomic mass is 16.4. The van der Waals surface area contributed by atoms with E-state index in [0.717, 1.165) is 18.9 Å². The molecule has 4 heteroatoms. The summed E-state index contributed by atoms with van der Waals surface area (Å²) in [4.78, 5) is 2.50. The zero-order chi connectivity index (χ0) is 12.3. The van der Waals surface area contributed by atoms with E-state index < -0.39 is 0 Å². The first-order valence-corrected chi connectivity index (χ1v) is 6.09. The third kappa shape index (κ3) is 3.11. The fourth-order valence-electron chi connectivity index (χ4n) is 2.38. The summed E-state index contributed by atoms with van der Waals surface area (Å²) < 4.78 is 0. The second kappa shape index (κ2) is 5.04. The molecular formula is C12H25N3O. The molecule has 0 radical (unpaired) electrons. The number of nitrogens with zero attached hydrogens (tertiary/aromatic N) is 2. The first kappa shape index (κ1) is 13.3. The van der Waals surface area contributed by atoms with E-state index in [4.69, 9.17) is 10.9 Å². The van der Waals surface area contributed by atoms with Gasteiger partial charge in [-0.05, 0) is 32.2 Å². The van der Waals surface area contributed by atoms with E-state index in [1.165, 1.54) is 13.0 Å². The molecule has 0 aromatic heterocycles. The Kier molecular flexibility index (Phi) is 4.19. The van der Waals surface area contributed by atoms with Crippen molar-refractivity contribution in [3.05, 3.63) is 0 Å². The first-order chi connectivity index (χ1) is 7.36. The van der Waals surface area contributed by atoms with E-state index in [-0.39, 0.29) is 5.41 Å². The highest BCUT2D eigenvalue weighted by Gasteiger charge is 2.29. The van der Waals surface area contributed by atoms with Crippen molar-refractivity contribution in [2.24, 2.45) is 22.2 Å². The van der Waals surface area contributed by atoms with Crippen LogP contribution in [0.25, 0.3) is 0 Å². The van der Waals surface area contributed by atoms with Crippen LogP contribution in [-0.4, -0.2) is 35.1 Å². The summed E-state index contributed by atoms with van der Waals surface area (Å²) in [5, 5.41) is 11.8. The topological polar surface area (TPSA) is 61.8 Å². The quantitative estimate of drug-likeness (QED) is 0.333. The molecule has 1 rings (SSSR count). The predicted octanol–water partition coefficient (Wildman–Crippen LogP) is 1.88. The number of likely N-dealkylation sites (tertiary alicyclic amines) is 1. The Hall–Kier alpha value is -0.770. The van der Waals surface area contributed by atoms with Crippen LogP contribution in [0.15, 0.2) is 5.16 Å². The average molecular weight is 227 g/mol. The standard InChI is InChI=1S/C12H25N3O/c1-9-7-10(2)15(8-9)6-5-12(3,4)11(13)14-16/h9-10,16H,5-8H2,1-4H3,(H2,13,14). The van der Waals surface area contributed by atoms with Gasteiger partial charge in [-0.15, -0.1) is 0 Å². The lowest BCUT2D eigenvalue weighted by molar-refractivity contribution is 0.233. The van der Waals surface area contributed by atoms with E-state index >= 15 is 0 Å². The fraction of sp³-hybridized carbons (Fsp3) is 0.917. The van der Waals surface area contributed by atoms with Crippen LogP contribution < -0.4 is 5.73 Å². The molecule has 0 saturated carbocycles. The predicted molar refractivity (Wildman–Crippen MR) is 66.6 cm³/mol. The number of rotatable bonds is 4. The van der Waals surface area contributed by atoms with Gasteiger partial charge in [-0.3, -0.25) is 0 Å². The summed E-state index contributed by atoms with van der Waals surface area (Å²) in [6.45, 7) is 10.8. The van der Waals surface area contributed by atoms with Gasteiger partial charge in [0.05, 0.1) is 0 Å². The summed E-state index contributed by atoms with van der Waals surface area (Å²) in [7, 11) is 0. The summed E-state index contributed by atoms with van der Waals surface area (Å²) in [6, 6.07) is 0.665. The summed E-state index contributed by atoms with van der Waals surface area (Å²) in [5.74, 6) is 1.12. The van der Waals surface area contributed by atoms with Crippen LogP contribution in [0.1, 0.15) is 40.5 Å². The van der Waals surface area contributed by atoms with Gasteiger partial charge in [0.2, 0.25) is 0 Å². The minimum atomic E-state index is -0.222. The van der Waals surface area contributed by atoms with Crippen LogP contribution in [0.2, 0.25) is 0 Å². The molecule has 0 amide bonds. The lowest BCUT2D eigenvalue weighted by Gasteiger charge is -2.28. The minimum Gasteiger partial charge on any atom is -0.409 e. The van der Waals surface area contributed by atoms with Gasteiger partial charge in [0.25, 0.3) is 0 Å². The molecule has 0 aromatic carbocycles. The SMILES string of the molecule is CC1CC(C)N(CCC(C)(C)C(N)=NO)C1. The Labute approximate surface area is 98.5 Å². The number of amidine groups is 1. The molecule has 0 aliphatic carbocycles. The largest absolute Gasteiger partial charge is 0.409 e. The fourth-order valence-corrected chi connectivity index (χ4v) is 2.38. The highest BCUT2D eigenvalue weighted by Crippen LogP contribution is 2.26. The van der Waals surface area contributed by atoms with Gasteiger partial charge < -0.3 is 15.8 Å². The molecule has 16 heavy (non-hydrogen) atoms. The van der Waals surface area contributed by atoms with E-state index in [1.54, 1.807) is 0 Å². The first-order valence-electron chi connectivity index (χ1n) is 6.09. The van der Waals surface area contributed by atoms with Crippen LogP contribution in [0, 0.1) is 11.3 Å². The third-order valence-corrected chi connectivity index (χ3v) is 3.74. The van der Waals surface area contributed by atoms with Gasteiger partial charge in [-0.1, -0.05) is 25.9 Å². The Morgan fingerprint density at radius 2 is 2.12 bits per heavy atom. The molecule has 2 unspecified atom stereocenters. The van der Waals surface area contributed by atoms with Crippen molar-refractivity contribution in [3.63, 3.8) is 0 Å². The maximum Gasteiger partial charge on any atom is 0.144 e. The second-order valence-electron chi connectivity index (χ2n) is 5.80. The molecule has 0 spiro atoms. The van der Waals surface area contributed by atoms with Crippen molar-refractivity contribution in [2.45, 2.75) is 46.6 Å². The third-order valence-electron chi connectivity index (χ3n) is 3.74. The molecule has 0 bridgehead atoms. The van der Waals surface area contributed by atoms with Gasteiger partial charge in [0.15, 0.2) is 0 Å². The van der Waals surface area contributed by atoms with Crippen molar-refractivity contribution in [2.75, 3.05) is 13.1 Å². The van der Waals surface area contributed by atoms with Crippen molar-refractivity contribution in [1.82, 2.24) is 4.90 Å². The second-order valence-corrected chi connectivity index (χ2v) is 5.80. The molecule has 0 aromatic rings. The molecule has 94 valence electrons. The van der Waals surface area contributed by atoms with Gasteiger partial charge in [0, 0.05) is 18.0 Å². The Morgan fingerprint density at radius 3 is 2.56 bits per heavy atom. The smallest absolute Gasteiger partial charge is 0.144 e. The molecule has 4 nitrogen and oxygen atoms in total. The number of nitrogens with two attached hydrogens (primary N) is 1. The van der Waals surface area contributed by atoms with Crippen molar-refractivity contribution in [1.29, 1.82) is 0 Å². The van der Waals surface area contributed by atoms with Crippen LogP contribution >= 0.6 is 0 Å². The maximum atomic E-state index is 8.71. The minimum absolute atomic E-state index is 0.222. The normalized spacial score (nSPS) is 28.6. The molecule has 1 fully saturated rings. The van der Waals surface area contributed by atoms with Crippen LogP contribution in [-0.2, 0) is 0 Å². The molecule has 1 aliphatic rings. The van der Waals surface area contributed by atoms with Crippen molar-refractivity contribution < 1.29 is 5.21 Å². The van der Waals surface area contributed by atoms with E-state index in [2.05, 4.69) is 23.9 Å². The summed E-state index contributed by atoms with van der Waals surface area (Å²) in [6.07, 6.45) is 2.21. The Bertz CT molecular complexity index is 263. The zero-order valence-corrected chi connectivity index (χ0v) is 10.9.